The lowest BCUT2D eigenvalue weighted by atomic mass is 9.97. The van der Waals surface area contributed by atoms with Crippen molar-refractivity contribution in [2.75, 3.05) is 7.11 Å². The van der Waals surface area contributed by atoms with Crippen LogP contribution in [0.4, 0.5) is 0 Å². The van der Waals surface area contributed by atoms with Gasteiger partial charge in [0.05, 0.1) is 7.11 Å². The quantitative estimate of drug-likeness (QED) is 0.795. The van der Waals surface area contributed by atoms with Crippen molar-refractivity contribution in [1.29, 1.82) is 0 Å². The first kappa shape index (κ1) is 13.9. The van der Waals surface area contributed by atoms with Gasteiger partial charge >= 0.3 is 0 Å². The smallest absolute Gasteiger partial charge is 0.126 e. The Balaban J connectivity index is 2.15. The number of rotatable bonds is 3. The first-order chi connectivity index (χ1) is 10.2. The van der Waals surface area contributed by atoms with E-state index in [1.54, 1.807) is 37.7 Å². The Morgan fingerprint density at radius 2 is 1.90 bits per heavy atom. The van der Waals surface area contributed by atoms with Crippen LogP contribution in [0.1, 0.15) is 17.2 Å². The largest absolute Gasteiger partial charge is 0.496 e. The van der Waals surface area contributed by atoms with Crippen molar-refractivity contribution < 1.29 is 9.84 Å². The molecule has 4 heteroatoms. The molecule has 0 saturated heterocycles. The second-order valence-corrected chi connectivity index (χ2v) is 5.18. The molecule has 0 aliphatic carbocycles. The van der Waals surface area contributed by atoms with Crippen LogP contribution >= 0.6 is 11.6 Å². The first-order valence-electron chi connectivity index (χ1n) is 6.55. The first-order valence-corrected chi connectivity index (χ1v) is 6.92. The summed E-state index contributed by atoms with van der Waals surface area (Å²) in [6.45, 7) is 0. The molecule has 21 heavy (non-hydrogen) atoms. The molecule has 1 aromatic heterocycles. The van der Waals surface area contributed by atoms with Gasteiger partial charge in [0.1, 0.15) is 11.9 Å². The maximum atomic E-state index is 10.7. The number of aliphatic hydroxyl groups excluding tert-OH is 1. The minimum absolute atomic E-state index is 0.558. The van der Waals surface area contributed by atoms with E-state index in [4.69, 9.17) is 16.3 Å². The second-order valence-electron chi connectivity index (χ2n) is 4.74. The van der Waals surface area contributed by atoms with Crippen molar-refractivity contribution in [2.24, 2.45) is 0 Å². The maximum Gasteiger partial charge on any atom is 0.126 e. The van der Waals surface area contributed by atoms with Gasteiger partial charge in [0, 0.05) is 33.9 Å². The molecule has 0 radical (unpaired) electrons. The Labute approximate surface area is 127 Å². The van der Waals surface area contributed by atoms with Crippen LogP contribution in [0.5, 0.6) is 5.75 Å². The van der Waals surface area contributed by atoms with E-state index in [1.807, 2.05) is 24.3 Å². The van der Waals surface area contributed by atoms with Gasteiger partial charge in [-0.2, -0.15) is 0 Å². The number of benzene rings is 2. The number of fused-ring (bicyclic) bond motifs is 1. The molecule has 1 N–H and O–H groups in total. The number of ether oxygens (including phenoxy) is 1. The Bertz CT molecular complexity index is 783. The van der Waals surface area contributed by atoms with Gasteiger partial charge in [0.25, 0.3) is 0 Å². The van der Waals surface area contributed by atoms with Crippen LogP contribution in [-0.4, -0.2) is 17.2 Å². The highest BCUT2D eigenvalue weighted by Crippen LogP contribution is 2.34. The third-order valence-corrected chi connectivity index (χ3v) is 3.72. The fourth-order valence-corrected chi connectivity index (χ4v) is 2.60. The lowest BCUT2D eigenvalue weighted by Crippen LogP contribution is -2.03. The zero-order chi connectivity index (χ0) is 14.8. The molecule has 1 atom stereocenters. The molecule has 2 aromatic carbocycles. The number of hydrogen-bond donors (Lipinski definition) is 1. The predicted molar refractivity (Wildman–Crippen MR) is 83.8 cm³/mol. The van der Waals surface area contributed by atoms with Crippen molar-refractivity contribution in [2.45, 2.75) is 6.10 Å². The number of aliphatic hydroxyl groups is 1. The van der Waals surface area contributed by atoms with Crippen LogP contribution in [0.15, 0.2) is 54.9 Å². The van der Waals surface area contributed by atoms with Crippen molar-refractivity contribution in [1.82, 2.24) is 4.98 Å². The van der Waals surface area contributed by atoms with Gasteiger partial charge in [-0.05, 0) is 17.5 Å². The van der Waals surface area contributed by atoms with E-state index in [1.165, 1.54) is 0 Å². The summed E-state index contributed by atoms with van der Waals surface area (Å²) in [6.07, 6.45) is 2.64. The minimum atomic E-state index is -0.823. The topological polar surface area (TPSA) is 42.4 Å². The third-order valence-electron chi connectivity index (χ3n) is 3.48. The second kappa shape index (κ2) is 5.72. The summed E-state index contributed by atoms with van der Waals surface area (Å²) in [5.74, 6) is 0.558. The lowest BCUT2D eigenvalue weighted by Gasteiger charge is -2.17. The minimum Gasteiger partial charge on any atom is -0.496 e. The van der Waals surface area contributed by atoms with Crippen molar-refractivity contribution in [3.63, 3.8) is 0 Å². The van der Waals surface area contributed by atoms with E-state index >= 15 is 0 Å². The number of nitrogens with zero attached hydrogens (tertiary/aromatic N) is 1. The summed E-state index contributed by atoms with van der Waals surface area (Å²) in [5.41, 5.74) is 1.41. The van der Waals surface area contributed by atoms with Crippen molar-refractivity contribution >= 4 is 22.4 Å². The molecule has 3 aromatic rings. The average Bonchev–Trinajstić information content (AvgIpc) is 2.53. The zero-order valence-electron chi connectivity index (χ0n) is 11.5. The van der Waals surface area contributed by atoms with Crippen molar-refractivity contribution in [3.05, 3.63) is 71.0 Å². The fourth-order valence-electron chi connectivity index (χ4n) is 2.44. The Morgan fingerprint density at radius 1 is 1.10 bits per heavy atom. The molecule has 0 saturated carbocycles. The highest BCUT2D eigenvalue weighted by atomic mass is 35.5. The SMILES string of the molecule is COc1cc(Cl)ccc1C(O)c1cncc2ccccc12. The molecule has 0 aliphatic rings. The van der Waals surface area contributed by atoms with Gasteiger partial charge in [0.15, 0.2) is 0 Å². The lowest BCUT2D eigenvalue weighted by molar-refractivity contribution is 0.216. The predicted octanol–water partition coefficient (Wildman–Crippen LogP) is 3.98. The fraction of sp³-hybridized carbons (Fsp3) is 0.118. The Hall–Kier alpha value is -2.10. The highest BCUT2D eigenvalue weighted by molar-refractivity contribution is 6.30. The molecule has 3 nitrogen and oxygen atoms in total. The van der Waals surface area contributed by atoms with Crippen LogP contribution in [0.2, 0.25) is 5.02 Å². The molecular weight excluding hydrogens is 286 g/mol. The summed E-state index contributed by atoms with van der Waals surface area (Å²) in [5, 5.41) is 13.3. The number of halogens is 1. The van der Waals surface area contributed by atoms with Crippen LogP contribution in [0, 0.1) is 0 Å². The van der Waals surface area contributed by atoms with Gasteiger partial charge in [-0.1, -0.05) is 41.9 Å². The molecule has 106 valence electrons. The van der Waals surface area contributed by atoms with E-state index in [2.05, 4.69) is 4.98 Å². The number of aromatic nitrogens is 1. The summed E-state index contributed by atoms with van der Waals surface area (Å²) < 4.78 is 5.32. The standard InChI is InChI=1S/C17H14ClNO2/c1-21-16-8-12(18)6-7-14(16)17(20)15-10-19-9-11-4-2-3-5-13(11)15/h2-10,17,20H,1H3. The Kier molecular flexibility index (Phi) is 3.78. The number of hydrogen-bond acceptors (Lipinski definition) is 3. The van der Waals surface area contributed by atoms with Crippen LogP contribution in [-0.2, 0) is 0 Å². The molecular formula is C17H14ClNO2. The average molecular weight is 300 g/mol. The number of methoxy groups -OCH3 is 1. The van der Waals surface area contributed by atoms with Crippen LogP contribution in [0.3, 0.4) is 0 Å². The molecule has 0 bridgehead atoms. The van der Waals surface area contributed by atoms with E-state index < -0.39 is 6.10 Å². The van der Waals surface area contributed by atoms with Crippen LogP contribution in [0.25, 0.3) is 10.8 Å². The summed E-state index contributed by atoms with van der Waals surface area (Å²) in [6, 6.07) is 13.0. The van der Waals surface area contributed by atoms with E-state index in [0.29, 0.717) is 16.3 Å². The maximum absolute atomic E-state index is 10.7. The zero-order valence-corrected chi connectivity index (χ0v) is 12.2. The normalized spacial score (nSPS) is 12.3. The van der Waals surface area contributed by atoms with Crippen LogP contribution < -0.4 is 4.74 Å². The third kappa shape index (κ3) is 2.58. The summed E-state index contributed by atoms with van der Waals surface area (Å²) in [4.78, 5) is 4.21. The molecule has 0 aliphatic heterocycles. The summed E-state index contributed by atoms with van der Waals surface area (Å²) in [7, 11) is 1.56. The van der Waals surface area contributed by atoms with Gasteiger partial charge < -0.3 is 9.84 Å². The van der Waals surface area contributed by atoms with Crippen molar-refractivity contribution in [3.8, 4) is 5.75 Å². The van der Waals surface area contributed by atoms with Gasteiger partial charge in [-0.25, -0.2) is 0 Å². The Morgan fingerprint density at radius 3 is 2.71 bits per heavy atom. The van der Waals surface area contributed by atoms with Gasteiger partial charge in [-0.15, -0.1) is 0 Å². The van der Waals surface area contributed by atoms with Gasteiger partial charge in [-0.3, -0.25) is 4.98 Å². The molecule has 0 amide bonds. The van der Waals surface area contributed by atoms with Gasteiger partial charge in [0.2, 0.25) is 0 Å². The highest BCUT2D eigenvalue weighted by Gasteiger charge is 2.18. The molecule has 3 rings (SSSR count). The molecule has 1 heterocycles. The molecule has 1 unspecified atom stereocenters. The van der Waals surface area contributed by atoms with E-state index in [9.17, 15) is 5.11 Å². The monoisotopic (exact) mass is 299 g/mol. The summed E-state index contributed by atoms with van der Waals surface area (Å²) >= 11 is 5.97. The number of pyridine rings is 1. The molecule has 0 fully saturated rings. The van der Waals surface area contributed by atoms with E-state index in [-0.39, 0.29) is 0 Å². The molecule has 0 spiro atoms. The van der Waals surface area contributed by atoms with E-state index in [0.717, 1.165) is 16.3 Å².